The number of hydrogen-bond donors (Lipinski definition) is 3. The first kappa shape index (κ1) is 19.9. The predicted molar refractivity (Wildman–Crippen MR) is 99.2 cm³/mol. The van der Waals surface area contributed by atoms with E-state index in [0.29, 0.717) is 10.7 Å². The maximum absolute atomic E-state index is 12.2. The average molecular weight is 396 g/mol. The van der Waals surface area contributed by atoms with Crippen molar-refractivity contribution in [3.63, 3.8) is 0 Å². The first-order chi connectivity index (χ1) is 12.3. The molecule has 0 radical (unpaired) electrons. The summed E-state index contributed by atoms with van der Waals surface area (Å²) in [6.45, 7) is 1.24. The number of nitrogens with one attached hydrogen (secondary N) is 3. The first-order valence-corrected chi connectivity index (χ1v) is 9.51. The smallest absolute Gasteiger partial charge is 0.241 e. The second-order valence-electron chi connectivity index (χ2n) is 5.43. The van der Waals surface area contributed by atoms with Gasteiger partial charge in [0.1, 0.15) is 0 Å². The Morgan fingerprint density at radius 1 is 1.00 bits per heavy atom. The molecule has 0 saturated carbocycles. The van der Waals surface area contributed by atoms with Crippen molar-refractivity contribution in [1.82, 2.24) is 10.0 Å². The number of carbonyl (C=O) groups is 2. The molecule has 26 heavy (non-hydrogen) atoms. The molecule has 138 valence electrons. The van der Waals surface area contributed by atoms with Gasteiger partial charge in [-0.3, -0.25) is 9.59 Å². The number of sulfonamides is 1. The Bertz CT molecular complexity index is 881. The van der Waals surface area contributed by atoms with E-state index < -0.39 is 15.9 Å². The van der Waals surface area contributed by atoms with Gasteiger partial charge in [0.25, 0.3) is 0 Å². The molecule has 0 spiro atoms. The van der Waals surface area contributed by atoms with Crippen molar-refractivity contribution < 1.29 is 18.0 Å². The van der Waals surface area contributed by atoms with Crippen LogP contribution in [-0.4, -0.2) is 26.8 Å². The van der Waals surface area contributed by atoms with Gasteiger partial charge in [-0.25, -0.2) is 13.1 Å². The van der Waals surface area contributed by atoms with Gasteiger partial charge in [0, 0.05) is 24.2 Å². The summed E-state index contributed by atoms with van der Waals surface area (Å²) in [6, 6.07) is 12.6. The summed E-state index contributed by atoms with van der Waals surface area (Å²) >= 11 is 5.78. The van der Waals surface area contributed by atoms with E-state index in [1.165, 1.54) is 31.2 Å². The summed E-state index contributed by atoms with van der Waals surface area (Å²) in [6.07, 6.45) is 0. The highest BCUT2D eigenvalue weighted by Crippen LogP contribution is 2.14. The van der Waals surface area contributed by atoms with Crippen LogP contribution in [0.15, 0.2) is 53.4 Å². The fourth-order valence-electron chi connectivity index (χ4n) is 2.03. The van der Waals surface area contributed by atoms with Crippen LogP contribution in [0.5, 0.6) is 0 Å². The van der Waals surface area contributed by atoms with Gasteiger partial charge in [-0.15, -0.1) is 0 Å². The summed E-state index contributed by atoms with van der Waals surface area (Å²) < 4.78 is 26.6. The van der Waals surface area contributed by atoms with E-state index >= 15 is 0 Å². The van der Waals surface area contributed by atoms with Crippen molar-refractivity contribution >= 4 is 39.1 Å². The Kier molecular flexibility index (Phi) is 6.73. The molecule has 0 fully saturated rings. The fraction of sp³-hybridized carbons (Fsp3) is 0.176. The van der Waals surface area contributed by atoms with Crippen LogP contribution in [0.1, 0.15) is 12.5 Å². The fourth-order valence-corrected chi connectivity index (χ4v) is 3.14. The molecular weight excluding hydrogens is 378 g/mol. The van der Waals surface area contributed by atoms with Gasteiger partial charge >= 0.3 is 0 Å². The number of benzene rings is 2. The van der Waals surface area contributed by atoms with Crippen molar-refractivity contribution in [3.05, 3.63) is 59.1 Å². The van der Waals surface area contributed by atoms with Crippen molar-refractivity contribution in [2.24, 2.45) is 0 Å². The maximum Gasteiger partial charge on any atom is 0.241 e. The highest BCUT2D eigenvalue weighted by atomic mass is 35.5. The van der Waals surface area contributed by atoms with E-state index in [9.17, 15) is 18.0 Å². The lowest BCUT2D eigenvalue weighted by molar-refractivity contribution is -0.120. The molecule has 2 aromatic rings. The first-order valence-electron chi connectivity index (χ1n) is 7.65. The third kappa shape index (κ3) is 6.14. The van der Waals surface area contributed by atoms with Gasteiger partial charge in [0.15, 0.2) is 0 Å². The van der Waals surface area contributed by atoms with Gasteiger partial charge in [-0.1, -0.05) is 23.7 Å². The predicted octanol–water partition coefficient (Wildman–Crippen LogP) is 1.89. The van der Waals surface area contributed by atoms with E-state index in [4.69, 9.17) is 11.6 Å². The molecule has 0 heterocycles. The zero-order valence-electron chi connectivity index (χ0n) is 14.0. The standard InChI is InChI=1S/C17H18ClN3O4S/c1-12(22)21-15-6-8-16(9-7-15)26(24,25)20-11-17(23)19-10-13-2-4-14(18)5-3-13/h2-9,20H,10-11H2,1H3,(H,19,23)(H,21,22). The van der Waals surface area contributed by atoms with Crippen molar-refractivity contribution in [1.29, 1.82) is 0 Å². The van der Waals surface area contributed by atoms with E-state index in [1.54, 1.807) is 24.3 Å². The molecule has 2 rings (SSSR count). The minimum absolute atomic E-state index is 0.00268. The van der Waals surface area contributed by atoms with E-state index in [0.717, 1.165) is 5.56 Å². The zero-order chi connectivity index (χ0) is 19.2. The Hall–Kier alpha value is -2.42. The zero-order valence-corrected chi connectivity index (χ0v) is 15.5. The number of amides is 2. The summed E-state index contributed by atoms with van der Waals surface area (Å²) in [7, 11) is -3.83. The second-order valence-corrected chi connectivity index (χ2v) is 7.64. The monoisotopic (exact) mass is 395 g/mol. The lowest BCUT2D eigenvalue weighted by Crippen LogP contribution is -2.36. The molecule has 0 aliphatic carbocycles. The highest BCUT2D eigenvalue weighted by Gasteiger charge is 2.15. The molecule has 0 saturated heterocycles. The Labute approximate surface area is 156 Å². The molecule has 2 amide bonds. The molecule has 0 aliphatic heterocycles. The number of hydrogen-bond acceptors (Lipinski definition) is 4. The Morgan fingerprint density at radius 2 is 1.62 bits per heavy atom. The average Bonchev–Trinajstić information content (AvgIpc) is 2.59. The highest BCUT2D eigenvalue weighted by molar-refractivity contribution is 7.89. The maximum atomic E-state index is 12.2. The van der Waals surface area contributed by atoms with E-state index in [-0.39, 0.29) is 23.9 Å². The molecular formula is C17H18ClN3O4S. The molecule has 0 unspecified atom stereocenters. The molecule has 0 atom stereocenters. The quantitative estimate of drug-likeness (QED) is 0.665. The SMILES string of the molecule is CC(=O)Nc1ccc(S(=O)(=O)NCC(=O)NCc2ccc(Cl)cc2)cc1. The molecule has 0 aromatic heterocycles. The van der Waals surface area contributed by atoms with Gasteiger partial charge in [0.2, 0.25) is 21.8 Å². The molecule has 9 heteroatoms. The number of rotatable bonds is 7. The van der Waals surface area contributed by atoms with Crippen molar-refractivity contribution in [2.75, 3.05) is 11.9 Å². The molecule has 2 aromatic carbocycles. The van der Waals surface area contributed by atoms with Crippen LogP contribution >= 0.6 is 11.6 Å². The largest absolute Gasteiger partial charge is 0.351 e. The number of halogens is 1. The lowest BCUT2D eigenvalue weighted by atomic mass is 10.2. The molecule has 0 aliphatic rings. The number of anilines is 1. The lowest BCUT2D eigenvalue weighted by Gasteiger charge is -2.09. The summed E-state index contributed by atoms with van der Waals surface area (Å²) in [4.78, 5) is 22.8. The number of carbonyl (C=O) groups excluding carboxylic acids is 2. The van der Waals surface area contributed by atoms with Gasteiger partial charge in [-0.2, -0.15) is 0 Å². The normalized spacial score (nSPS) is 11.0. The van der Waals surface area contributed by atoms with Crippen LogP contribution in [-0.2, 0) is 26.2 Å². The van der Waals surface area contributed by atoms with Gasteiger partial charge in [-0.05, 0) is 42.0 Å². The minimum atomic E-state index is -3.83. The molecule has 3 N–H and O–H groups in total. The van der Waals surface area contributed by atoms with E-state index in [1.807, 2.05) is 0 Å². The van der Waals surface area contributed by atoms with Crippen LogP contribution < -0.4 is 15.4 Å². The Morgan fingerprint density at radius 3 is 2.19 bits per heavy atom. The third-order valence-electron chi connectivity index (χ3n) is 3.31. The Balaban J connectivity index is 1.87. The minimum Gasteiger partial charge on any atom is -0.351 e. The summed E-state index contributed by atoms with van der Waals surface area (Å²) in [5.41, 5.74) is 1.33. The van der Waals surface area contributed by atoms with Crippen LogP contribution in [0.2, 0.25) is 5.02 Å². The van der Waals surface area contributed by atoms with Crippen molar-refractivity contribution in [2.45, 2.75) is 18.4 Å². The summed E-state index contributed by atoms with van der Waals surface area (Å²) in [5.74, 6) is -0.713. The summed E-state index contributed by atoms with van der Waals surface area (Å²) in [5, 5.41) is 5.75. The second kappa shape index (κ2) is 8.79. The molecule has 7 nitrogen and oxygen atoms in total. The van der Waals surface area contributed by atoms with Gasteiger partial charge in [0.05, 0.1) is 11.4 Å². The van der Waals surface area contributed by atoms with Crippen molar-refractivity contribution in [3.8, 4) is 0 Å². The van der Waals surface area contributed by atoms with Crippen LogP contribution in [0.3, 0.4) is 0 Å². The van der Waals surface area contributed by atoms with Crippen LogP contribution in [0.4, 0.5) is 5.69 Å². The van der Waals surface area contributed by atoms with Crippen LogP contribution in [0, 0.1) is 0 Å². The van der Waals surface area contributed by atoms with Gasteiger partial charge < -0.3 is 10.6 Å². The van der Waals surface area contributed by atoms with Crippen LogP contribution in [0.25, 0.3) is 0 Å². The third-order valence-corrected chi connectivity index (χ3v) is 4.98. The van der Waals surface area contributed by atoms with E-state index in [2.05, 4.69) is 15.4 Å². The topological polar surface area (TPSA) is 104 Å². The molecule has 0 bridgehead atoms.